The Morgan fingerprint density at radius 3 is 2.43 bits per heavy atom. The van der Waals surface area contributed by atoms with E-state index in [2.05, 4.69) is 5.32 Å². The number of methoxy groups -OCH3 is 1. The van der Waals surface area contributed by atoms with Crippen molar-refractivity contribution in [1.82, 2.24) is 5.32 Å². The maximum absolute atomic E-state index is 13.0. The molecule has 1 heterocycles. The number of benzene rings is 2. The molecule has 2 amide bonds. The maximum Gasteiger partial charge on any atom is 0.270 e. The molecule has 0 atom stereocenters. The van der Waals surface area contributed by atoms with E-state index in [0.29, 0.717) is 5.69 Å². The lowest BCUT2D eigenvalue weighted by Gasteiger charge is -2.30. The normalized spacial score (nSPS) is 16.0. The second kappa shape index (κ2) is 8.19. The van der Waals surface area contributed by atoms with Crippen molar-refractivity contribution in [2.75, 3.05) is 12.0 Å². The van der Waals surface area contributed by atoms with Crippen LogP contribution in [0.1, 0.15) is 16.7 Å². The van der Waals surface area contributed by atoms with Crippen LogP contribution >= 0.6 is 12.2 Å². The first kappa shape index (κ1) is 19.5. The van der Waals surface area contributed by atoms with E-state index in [-0.39, 0.29) is 10.7 Å². The van der Waals surface area contributed by atoms with Crippen molar-refractivity contribution < 1.29 is 14.3 Å². The van der Waals surface area contributed by atoms with Gasteiger partial charge in [0.2, 0.25) is 0 Å². The number of nitrogens with one attached hydrogen (secondary N) is 1. The van der Waals surface area contributed by atoms with Gasteiger partial charge in [0.25, 0.3) is 11.8 Å². The van der Waals surface area contributed by atoms with Gasteiger partial charge in [0.05, 0.1) is 12.8 Å². The number of hydrogen-bond acceptors (Lipinski definition) is 4. The summed E-state index contributed by atoms with van der Waals surface area (Å²) < 4.78 is 5.13. The maximum atomic E-state index is 13.0. The second-order valence-corrected chi connectivity index (χ2v) is 6.79. The average molecular weight is 392 g/mol. The molecule has 2 aromatic carbocycles. The van der Waals surface area contributed by atoms with Crippen LogP contribution in [0.2, 0.25) is 0 Å². The van der Waals surface area contributed by atoms with Gasteiger partial charge in [-0.15, -0.1) is 0 Å². The molecule has 1 fully saturated rings. The zero-order chi connectivity index (χ0) is 20.3. The summed E-state index contributed by atoms with van der Waals surface area (Å²) in [6.07, 6.45) is 4.98. The molecule has 5 nitrogen and oxygen atoms in total. The Bertz CT molecular complexity index is 1010. The molecule has 6 heteroatoms. The molecule has 1 aliphatic heterocycles. The van der Waals surface area contributed by atoms with E-state index in [1.165, 1.54) is 11.0 Å². The molecule has 2 aromatic rings. The number of aryl methyl sites for hydroxylation is 2. The summed E-state index contributed by atoms with van der Waals surface area (Å²) in [6.45, 7) is 3.88. The minimum atomic E-state index is -0.504. The third-order valence-electron chi connectivity index (χ3n) is 4.36. The van der Waals surface area contributed by atoms with Gasteiger partial charge >= 0.3 is 0 Å². The number of carbonyl (C=O) groups is 2. The molecule has 0 unspecified atom stereocenters. The minimum Gasteiger partial charge on any atom is -0.497 e. The molecule has 0 aliphatic carbocycles. The van der Waals surface area contributed by atoms with Crippen LogP contribution in [0.25, 0.3) is 6.08 Å². The zero-order valence-electron chi connectivity index (χ0n) is 15.9. The van der Waals surface area contributed by atoms with Crippen LogP contribution in [0, 0.1) is 13.8 Å². The van der Waals surface area contributed by atoms with Crippen LogP contribution in [0.15, 0.2) is 60.2 Å². The largest absolute Gasteiger partial charge is 0.497 e. The highest BCUT2D eigenvalue weighted by Gasteiger charge is 2.34. The highest BCUT2D eigenvalue weighted by atomic mass is 32.1. The van der Waals surface area contributed by atoms with Crippen LogP contribution in [-0.2, 0) is 9.59 Å². The number of ether oxygens (including phenoxy) is 1. The van der Waals surface area contributed by atoms with Gasteiger partial charge in [-0.2, -0.15) is 0 Å². The first-order valence-corrected chi connectivity index (χ1v) is 9.11. The molecule has 1 aliphatic rings. The summed E-state index contributed by atoms with van der Waals surface area (Å²) in [5.41, 5.74) is 3.59. The average Bonchev–Trinajstić information content (AvgIpc) is 2.66. The Kier molecular flexibility index (Phi) is 5.70. The molecule has 142 valence electrons. The van der Waals surface area contributed by atoms with Gasteiger partial charge < -0.3 is 4.74 Å². The highest BCUT2D eigenvalue weighted by Crippen LogP contribution is 2.25. The Morgan fingerprint density at radius 1 is 1.07 bits per heavy atom. The van der Waals surface area contributed by atoms with Gasteiger partial charge in [-0.1, -0.05) is 42.0 Å². The van der Waals surface area contributed by atoms with Crippen LogP contribution in [0.5, 0.6) is 5.75 Å². The SMILES string of the molecule is COc1ccc(C=CC=C2C(=O)NC(=S)N(c3ccc(C)cc3C)C2=O)cc1. The summed E-state index contributed by atoms with van der Waals surface area (Å²) >= 11 is 5.24. The van der Waals surface area contributed by atoms with Crippen LogP contribution in [-0.4, -0.2) is 24.0 Å². The van der Waals surface area contributed by atoms with E-state index in [9.17, 15) is 9.59 Å². The molecule has 28 heavy (non-hydrogen) atoms. The molecule has 0 saturated carbocycles. The summed E-state index contributed by atoms with van der Waals surface area (Å²) in [4.78, 5) is 26.6. The molecule has 1 N–H and O–H groups in total. The Morgan fingerprint density at radius 2 is 1.79 bits per heavy atom. The smallest absolute Gasteiger partial charge is 0.270 e. The summed E-state index contributed by atoms with van der Waals surface area (Å²) in [7, 11) is 1.61. The van der Waals surface area contributed by atoms with Crippen molar-refractivity contribution in [3.63, 3.8) is 0 Å². The zero-order valence-corrected chi connectivity index (χ0v) is 16.7. The summed E-state index contributed by atoms with van der Waals surface area (Å²) in [5.74, 6) is -0.189. The van der Waals surface area contributed by atoms with Crippen LogP contribution < -0.4 is 15.0 Å². The highest BCUT2D eigenvalue weighted by molar-refractivity contribution is 7.80. The van der Waals surface area contributed by atoms with Gasteiger partial charge in [0.15, 0.2) is 5.11 Å². The fourth-order valence-electron chi connectivity index (χ4n) is 2.92. The molecule has 0 aromatic heterocycles. The van der Waals surface area contributed by atoms with Gasteiger partial charge in [0.1, 0.15) is 11.3 Å². The lowest BCUT2D eigenvalue weighted by molar-refractivity contribution is -0.122. The summed E-state index contributed by atoms with van der Waals surface area (Å²) in [6, 6.07) is 13.1. The Labute approximate surface area is 169 Å². The quantitative estimate of drug-likeness (QED) is 0.490. The molecule has 1 saturated heterocycles. The van der Waals surface area contributed by atoms with E-state index >= 15 is 0 Å². The summed E-state index contributed by atoms with van der Waals surface area (Å²) in [5, 5.41) is 2.67. The van der Waals surface area contributed by atoms with Gasteiger partial charge in [-0.05, 0) is 61.5 Å². The number of hydrogen-bond donors (Lipinski definition) is 1. The van der Waals surface area contributed by atoms with E-state index in [0.717, 1.165) is 22.4 Å². The minimum absolute atomic E-state index is 0.0262. The Balaban J connectivity index is 1.88. The molecular weight excluding hydrogens is 372 g/mol. The van der Waals surface area contributed by atoms with E-state index in [1.807, 2.05) is 56.3 Å². The second-order valence-electron chi connectivity index (χ2n) is 6.40. The van der Waals surface area contributed by atoms with E-state index < -0.39 is 11.8 Å². The van der Waals surface area contributed by atoms with E-state index in [1.54, 1.807) is 19.3 Å². The van der Waals surface area contributed by atoms with Crippen molar-refractivity contribution in [2.45, 2.75) is 13.8 Å². The van der Waals surface area contributed by atoms with E-state index in [4.69, 9.17) is 17.0 Å². The van der Waals surface area contributed by atoms with Crippen molar-refractivity contribution >= 4 is 40.9 Å². The number of nitrogens with zero attached hydrogens (tertiary/aromatic N) is 1. The number of thiocarbonyl (C=S) groups is 1. The third-order valence-corrected chi connectivity index (χ3v) is 4.65. The topological polar surface area (TPSA) is 58.6 Å². The molecule has 0 spiro atoms. The molecular formula is C22H20N2O3S. The Hall–Kier alpha value is -3.25. The van der Waals surface area contributed by atoms with Gasteiger partial charge in [-0.25, -0.2) is 0 Å². The van der Waals surface area contributed by atoms with Gasteiger partial charge in [0, 0.05) is 0 Å². The number of anilines is 1. The lowest BCUT2D eigenvalue weighted by Crippen LogP contribution is -2.54. The predicted octanol–water partition coefficient (Wildman–Crippen LogP) is 3.70. The van der Waals surface area contributed by atoms with Gasteiger partial charge in [-0.3, -0.25) is 19.8 Å². The third kappa shape index (κ3) is 4.02. The fraction of sp³-hybridized carbons (Fsp3) is 0.136. The predicted molar refractivity (Wildman–Crippen MR) is 114 cm³/mol. The first-order chi connectivity index (χ1) is 13.4. The number of carbonyl (C=O) groups excluding carboxylic acids is 2. The van der Waals surface area contributed by atoms with Crippen LogP contribution in [0.4, 0.5) is 5.69 Å². The standard InChI is InChI=1S/C22H20N2O3S/c1-14-7-12-19(15(2)13-14)24-21(26)18(20(25)23-22(24)28)6-4-5-16-8-10-17(27-3)11-9-16/h4-13H,1-3H3,(H,23,25,28). The number of rotatable bonds is 4. The monoisotopic (exact) mass is 392 g/mol. The van der Waals surface area contributed by atoms with Crippen molar-refractivity contribution in [3.8, 4) is 5.75 Å². The first-order valence-electron chi connectivity index (χ1n) is 8.70. The fourth-order valence-corrected chi connectivity index (χ4v) is 3.20. The lowest BCUT2D eigenvalue weighted by atomic mass is 10.1. The number of amides is 2. The van der Waals surface area contributed by atoms with Crippen molar-refractivity contribution in [2.24, 2.45) is 0 Å². The number of allylic oxidation sites excluding steroid dienone is 2. The molecule has 0 bridgehead atoms. The molecule has 3 rings (SSSR count). The molecule has 0 radical (unpaired) electrons. The van der Waals surface area contributed by atoms with Crippen molar-refractivity contribution in [1.29, 1.82) is 0 Å². The van der Waals surface area contributed by atoms with Crippen LogP contribution in [0.3, 0.4) is 0 Å². The van der Waals surface area contributed by atoms with Crippen molar-refractivity contribution in [3.05, 3.63) is 76.9 Å².